The summed E-state index contributed by atoms with van der Waals surface area (Å²) < 4.78 is 0. The molecule has 0 aliphatic heterocycles. The molecule has 0 bridgehead atoms. The standard InChI is InChI=1S/C18H21NOS/c1-14-7-6-8-16(11-14)12-21-13-18(20)19-15(2)17-9-4-3-5-10-17/h3-11,15H,12-13H2,1-2H3,(H,19,20)/t15-/m1/s1. The fourth-order valence-electron chi connectivity index (χ4n) is 2.17. The lowest BCUT2D eigenvalue weighted by atomic mass is 10.1. The second kappa shape index (κ2) is 7.89. The van der Waals surface area contributed by atoms with Crippen LogP contribution in [0.3, 0.4) is 0 Å². The highest BCUT2D eigenvalue weighted by atomic mass is 32.2. The SMILES string of the molecule is Cc1cccc(CSCC(=O)N[C@H](C)c2ccccc2)c1. The summed E-state index contributed by atoms with van der Waals surface area (Å²) in [5.74, 6) is 1.45. The van der Waals surface area contributed by atoms with Gasteiger partial charge in [-0.1, -0.05) is 60.2 Å². The first-order valence-corrected chi connectivity index (χ1v) is 8.28. The van der Waals surface area contributed by atoms with Crippen molar-refractivity contribution in [3.8, 4) is 0 Å². The van der Waals surface area contributed by atoms with Crippen LogP contribution in [-0.4, -0.2) is 11.7 Å². The van der Waals surface area contributed by atoms with Crippen LogP contribution >= 0.6 is 11.8 Å². The number of benzene rings is 2. The summed E-state index contributed by atoms with van der Waals surface area (Å²) in [7, 11) is 0. The molecule has 2 rings (SSSR count). The zero-order valence-corrected chi connectivity index (χ0v) is 13.3. The Morgan fingerprint density at radius 2 is 1.90 bits per heavy atom. The van der Waals surface area contributed by atoms with E-state index >= 15 is 0 Å². The molecule has 0 saturated heterocycles. The van der Waals surface area contributed by atoms with Gasteiger partial charge in [-0.05, 0) is 25.0 Å². The molecule has 0 aromatic heterocycles. The quantitative estimate of drug-likeness (QED) is 0.870. The van der Waals surface area contributed by atoms with Gasteiger partial charge >= 0.3 is 0 Å². The minimum absolute atomic E-state index is 0.0540. The Labute approximate surface area is 131 Å². The van der Waals surface area contributed by atoms with E-state index in [9.17, 15) is 4.79 Å². The minimum Gasteiger partial charge on any atom is -0.349 e. The van der Waals surface area contributed by atoms with E-state index in [0.717, 1.165) is 11.3 Å². The maximum atomic E-state index is 12.0. The lowest BCUT2D eigenvalue weighted by Crippen LogP contribution is -2.28. The summed E-state index contributed by atoms with van der Waals surface area (Å²) in [5, 5.41) is 3.03. The summed E-state index contributed by atoms with van der Waals surface area (Å²) in [5.41, 5.74) is 3.66. The summed E-state index contributed by atoms with van der Waals surface area (Å²) in [4.78, 5) is 12.0. The maximum absolute atomic E-state index is 12.0. The second-order valence-corrected chi connectivity index (χ2v) is 6.17. The predicted octanol–water partition coefficient (Wildman–Crippen LogP) is 4.11. The number of nitrogens with one attached hydrogen (secondary N) is 1. The molecule has 1 N–H and O–H groups in total. The van der Waals surface area contributed by atoms with E-state index in [2.05, 4.69) is 36.5 Å². The van der Waals surface area contributed by atoms with Gasteiger partial charge in [0.05, 0.1) is 11.8 Å². The maximum Gasteiger partial charge on any atom is 0.230 e. The van der Waals surface area contributed by atoms with Crippen molar-refractivity contribution in [2.24, 2.45) is 0 Å². The molecule has 2 aromatic rings. The van der Waals surface area contributed by atoms with Crippen molar-refractivity contribution in [3.63, 3.8) is 0 Å². The first-order chi connectivity index (χ1) is 10.1. The van der Waals surface area contributed by atoms with Crippen LogP contribution in [-0.2, 0) is 10.5 Å². The van der Waals surface area contributed by atoms with E-state index < -0.39 is 0 Å². The predicted molar refractivity (Wildman–Crippen MR) is 90.3 cm³/mol. The molecule has 2 aromatic carbocycles. The smallest absolute Gasteiger partial charge is 0.230 e. The van der Waals surface area contributed by atoms with Crippen LogP contribution in [0, 0.1) is 6.92 Å². The van der Waals surface area contributed by atoms with Crippen molar-refractivity contribution in [1.82, 2.24) is 5.32 Å². The molecule has 3 heteroatoms. The van der Waals surface area contributed by atoms with Crippen LogP contribution in [0.15, 0.2) is 54.6 Å². The van der Waals surface area contributed by atoms with E-state index in [4.69, 9.17) is 0 Å². The molecule has 0 heterocycles. The van der Waals surface area contributed by atoms with Gasteiger partial charge in [0, 0.05) is 5.75 Å². The molecular formula is C18H21NOS. The molecule has 0 spiro atoms. The number of carbonyl (C=O) groups excluding carboxylic acids is 1. The topological polar surface area (TPSA) is 29.1 Å². The largest absolute Gasteiger partial charge is 0.349 e. The van der Waals surface area contributed by atoms with Crippen LogP contribution in [0.2, 0.25) is 0 Å². The Bertz CT molecular complexity index is 583. The van der Waals surface area contributed by atoms with Gasteiger partial charge < -0.3 is 5.32 Å². The molecule has 1 atom stereocenters. The van der Waals surface area contributed by atoms with E-state index in [1.54, 1.807) is 11.8 Å². The lowest BCUT2D eigenvalue weighted by Gasteiger charge is -2.14. The first-order valence-electron chi connectivity index (χ1n) is 7.13. The number of amides is 1. The van der Waals surface area contributed by atoms with Crippen LogP contribution in [0.1, 0.15) is 29.7 Å². The molecule has 0 unspecified atom stereocenters. The van der Waals surface area contributed by atoms with Gasteiger partial charge in [-0.3, -0.25) is 4.79 Å². The molecule has 0 radical (unpaired) electrons. The third-order valence-corrected chi connectivity index (χ3v) is 4.27. The first kappa shape index (κ1) is 15.6. The highest BCUT2D eigenvalue weighted by Crippen LogP contribution is 2.15. The molecule has 21 heavy (non-hydrogen) atoms. The Balaban J connectivity index is 1.75. The summed E-state index contributed by atoms with van der Waals surface area (Å²) in [6.07, 6.45) is 0. The van der Waals surface area contributed by atoms with Gasteiger partial charge in [-0.2, -0.15) is 0 Å². The van der Waals surface area contributed by atoms with Gasteiger partial charge in [0.2, 0.25) is 5.91 Å². The summed E-state index contributed by atoms with van der Waals surface area (Å²) >= 11 is 1.65. The Morgan fingerprint density at radius 3 is 2.62 bits per heavy atom. The van der Waals surface area contributed by atoms with Crippen molar-refractivity contribution >= 4 is 17.7 Å². The van der Waals surface area contributed by atoms with Gasteiger partial charge in [-0.15, -0.1) is 11.8 Å². The van der Waals surface area contributed by atoms with Gasteiger partial charge in [0.25, 0.3) is 0 Å². The number of hydrogen-bond donors (Lipinski definition) is 1. The van der Waals surface area contributed by atoms with Crippen molar-refractivity contribution in [1.29, 1.82) is 0 Å². The number of hydrogen-bond acceptors (Lipinski definition) is 2. The van der Waals surface area contributed by atoms with E-state index in [-0.39, 0.29) is 11.9 Å². The molecule has 2 nitrogen and oxygen atoms in total. The summed E-state index contributed by atoms with van der Waals surface area (Å²) in [6, 6.07) is 18.5. The average molecular weight is 299 g/mol. The van der Waals surface area contributed by atoms with Crippen molar-refractivity contribution < 1.29 is 4.79 Å². The number of aryl methyl sites for hydroxylation is 1. The zero-order valence-electron chi connectivity index (χ0n) is 12.5. The monoisotopic (exact) mass is 299 g/mol. The fraction of sp³-hybridized carbons (Fsp3) is 0.278. The third kappa shape index (κ3) is 5.27. The zero-order chi connectivity index (χ0) is 15.1. The molecular weight excluding hydrogens is 278 g/mol. The fourth-order valence-corrected chi connectivity index (χ4v) is 2.96. The van der Waals surface area contributed by atoms with Crippen LogP contribution in [0.25, 0.3) is 0 Å². The highest BCUT2D eigenvalue weighted by Gasteiger charge is 2.09. The molecule has 0 aliphatic carbocycles. The lowest BCUT2D eigenvalue weighted by molar-refractivity contribution is -0.119. The van der Waals surface area contributed by atoms with Crippen molar-refractivity contribution in [3.05, 3.63) is 71.3 Å². The average Bonchev–Trinajstić information content (AvgIpc) is 2.48. The van der Waals surface area contributed by atoms with Crippen LogP contribution in [0.4, 0.5) is 0 Å². The van der Waals surface area contributed by atoms with Gasteiger partial charge in [-0.25, -0.2) is 0 Å². The molecule has 0 saturated carbocycles. The van der Waals surface area contributed by atoms with Crippen LogP contribution < -0.4 is 5.32 Å². The number of thioether (sulfide) groups is 1. The number of rotatable bonds is 6. The van der Waals surface area contributed by atoms with E-state index in [1.165, 1.54) is 11.1 Å². The van der Waals surface area contributed by atoms with Crippen molar-refractivity contribution in [2.75, 3.05) is 5.75 Å². The number of carbonyl (C=O) groups is 1. The highest BCUT2D eigenvalue weighted by molar-refractivity contribution is 7.99. The molecule has 0 aliphatic rings. The van der Waals surface area contributed by atoms with Gasteiger partial charge in [0.1, 0.15) is 0 Å². The third-order valence-electron chi connectivity index (χ3n) is 3.26. The normalized spacial score (nSPS) is 11.9. The van der Waals surface area contributed by atoms with Crippen LogP contribution in [0.5, 0.6) is 0 Å². The van der Waals surface area contributed by atoms with Gasteiger partial charge in [0.15, 0.2) is 0 Å². The Hall–Kier alpha value is -1.74. The van der Waals surface area contributed by atoms with Crippen molar-refractivity contribution in [2.45, 2.75) is 25.6 Å². The van der Waals surface area contributed by atoms with E-state index in [0.29, 0.717) is 5.75 Å². The van der Waals surface area contributed by atoms with E-state index in [1.807, 2.05) is 37.3 Å². The molecule has 0 fully saturated rings. The molecule has 110 valence electrons. The Kier molecular flexibility index (Phi) is 5.88. The molecule has 1 amide bonds. The Morgan fingerprint density at radius 1 is 1.14 bits per heavy atom. The minimum atomic E-state index is 0.0540. The summed E-state index contributed by atoms with van der Waals surface area (Å²) in [6.45, 7) is 4.10. The second-order valence-electron chi connectivity index (χ2n) is 5.18.